The molecule has 2 amide bonds. The lowest BCUT2D eigenvalue weighted by Gasteiger charge is -2.38. The van der Waals surface area contributed by atoms with Gasteiger partial charge in [0, 0.05) is 31.6 Å². The molecule has 1 aliphatic carbocycles. The number of fused-ring (bicyclic) bond motifs is 1. The summed E-state index contributed by atoms with van der Waals surface area (Å²) >= 11 is 0. The van der Waals surface area contributed by atoms with Gasteiger partial charge in [-0.3, -0.25) is 19.4 Å². The lowest BCUT2D eigenvalue weighted by atomic mass is 9.66. The SMILES string of the molecule is CCC/C(=C\c1cc(C)c(O)c(C)c1)CC[C@@H](O)C1=C(C(C)C)C[C@H]2C(=O)N(C3CCN(Cc4ccccc4)CC3)C(=O)[C@H]2[C@H]1CO. The lowest BCUT2D eigenvalue weighted by Crippen LogP contribution is -2.47. The van der Waals surface area contributed by atoms with Gasteiger partial charge in [0.1, 0.15) is 5.75 Å². The number of aliphatic hydroxyl groups excluding tert-OH is 2. The Balaban J connectivity index is 1.31. The standard InChI is InChI=1S/C40H54N2O5/c1-6-10-28(21-30-19-26(4)38(45)27(5)20-30)13-14-35(44)36-32(25(2)3)22-33-37(34(36)24-43)40(47)42(39(33)46)31-15-17-41(18-16-31)23-29-11-8-7-9-12-29/h7-9,11-12,19-21,25,31,33-35,37,43-45H,6,10,13-18,22-24H2,1-5H3/b28-21+/t33-,34+,35-,37-/m1/s1. The first kappa shape index (κ1) is 35.1. The number of imide groups is 1. The van der Waals surface area contributed by atoms with Crippen LogP contribution in [0.15, 0.2) is 59.2 Å². The normalized spacial score (nSPS) is 23.6. The minimum absolute atomic E-state index is 0.0847. The summed E-state index contributed by atoms with van der Waals surface area (Å²) in [6.45, 7) is 12.3. The summed E-state index contributed by atoms with van der Waals surface area (Å²) in [5, 5.41) is 32.8. The molecule has 2 heterocycles. The highest BCUT2D eigenvalue weighted by molar-refractivity contribution is 6.06. The number of hydrogen-bond donors (Lipinski definition) is 3. The minimum Gasteiger partial charge on any atom is -0.507 e. The van der Waals surface area contributed by atoms with E-state index >= 15 is 0 Å². The first-order valence-electron chi connectivity index (χ1n) is 17.7. The number of carbonyl (C=O) groups is 2. The number of carbonyl (C=O) groups excluding carboxylic acids is 2. The van der Waals surface area contributed by atoms with E-state index in [2.05, 4.69) is 43.9 Å². The fourth-order valence-corrected chi connectivity index (χ4v) is 8.38. The molecule has 7 heteroatoms. The average molecular weight is 643 g/mol. The smallest absolute Gasteiger partial charge is 0.234 e. The molecule has 0 bridgehead atoms. The number of allylic oxidation sites excluding steroid dienone is 2. The number of nitrogens with zero attached hydrogens (tertiary/aromatic N) is 2. The third-order valence-electron chi connectivity index (χ3n) is 10.8. The summed E-state index contributed by atoms with van der Waals surface area (Å²) in [7, 11) is 0. The molecule has 254 valence electrons. The first-order valence-corrected chi connectivity index (χ1v) is 17.7. The molecular weight excluding hydrogens is 588 g/mol. The second kappa shape index (κ2) is 15.3. The van der Waals surface area contributed by atoms with Crippen LogP contribution in [-0.2, 0) is 16.1 Å². The van der Waals surface area contributed by atoms with Crippen molar-refractivity contribution >= 4 is 17.9 Å². The molecule has 2 aromatic rings. The van der Waals surface area contributed by atoms with Crippen molar-refractivity contribution in [2.45, 2.75) is 98.3 Å². The van der Waals surface area contributed by atoms with E-state index in [1.807, 2.05) is 44.2 Å². The predicted molar refractivity (Wildman–Crippen MR) is 186 cm³/mol. The molecule has 4 atom stereocenters. The van der Waals surface area contributed by atoms with E-state index < -0.39 is 23.9 Å². The van der Waals surface area contributed by atoms with Crippen LogP contribution in [0.3, 0.4) is 0 Å². The van der Waals surface area contributed by atoms with E-state index in [9.17, 15) is 24.9 Å². The van der Waals surface area contributed by atoms with Crippen LogP contribution in [0.2, 0.25) is 0 Å². The molecule has 7 nitrogen and oxygen atoms in total. The molecule has 5 rings (SSSR count). The van der Waals surface area contributed by atoms with Crippen molar-refractivity contribution in [2.24, 2.45) is 23.7 Å². The molecule has 0 aromatic heterocycles. The van der Waals surface area contributed by atoms with Gasteiger partial charge in [-0.2, -0.15) is 0 Å². The molecular formula is C40H54N2O5. The van der Waals surface area contributed by atoms with Crippen LogP contribution in [0.1, 0.15) is 88.0 Å². The maximum Gasteiger partial charge on any atom is 0.234 e. The number of benzene rings is 2. The maximum absolute atomic E-state index is 14.1. The number of aromatic hydroxyl groups is 1. The van der Waals surface area contributed by atoms with E-state index in [-0.39, 0.29) is 30.4 Å². The predicted octanol–water partition coefficient (Wildman–Crippen LogP) is 6.56. The number of hydrogen-bond acceptors (Lipinski definition) is 6. The minimum atomic E-state index is -0.813. The molecule has 47 heavy (non-hydrogen) atoms. The van der Waals surface area contributed by atoms with E-state index in [0.717, 1.165) is 73.2 Å². The molecule has 2 aliphatic heterocycles. The molecule has 0 radical (unpaired) electrons. The Hall–Kier alpha value is -3.26. The molecule has 2 fully saturated rings. The largest absolute Gasteiger partial charge is 0.507 e. The van der Waals surface area contributed by atoms with E-state index in [0.29, 0.717) is 25.0 Å². The van der Waals surface area contributed by atoms with Crippen LogP contribution in [0.25, 0.3) is 6.08 Å². The van der Waals surface area contributed by atoms with Gasteiger partial charge in [0.2, 0.25) is 11.8 Å². The Labute approximate surface area is 281 Å². The van der Waals surface area contributed by atoms with Crippen LogP contribution in [-0.4, -0.2) is 68.8 Å². The van der Waals surface area contributed by atoms with Gasteiger partial charge >= 0.3 is 0 Å². The number of rotatable bonds is 12. The van der Waals surface area contributed by atoms with E-state index in [1.54, 1.807) is 4.90 Å². The highest BCUT2D eigenvalue weighted by Gasteiger charge is 2.56. The van der Waals surface area contributed by atoms with Gasteiger partial charge in [-0.05, 0) is 98.2 Å². The molecule has 3 N–H and O–H groups in total. The van der Waals surface area contributed by atoms with Crippen molar-refractivity contribution in [3.8, 4) is 5.75 Å². The van der Waals surface area contributed by atoms with Crippen LogP contribution in [0, 0.1) is 37.5 Å². The van der Waals surface area contributed by atoms with Crippen molar-refractivity contribution in [3.05, 3.63) is 81.4 Å². The van der Waals surface area contributed by atoms with Gasteiger partial charge in [-0.1, -0.05) is 74.7 Å². The Kier molecular flexibility index (Phi) is 11.4. The van der Waals surface area contributed by atoms with Gasteiger partial charge < -0.3 is 15.3 Å². The van der Waals surface area contributed by atoms with Crippen LogP contribution in [0.5, 0.6) is 5.75 Å². The number of amides is 2. The first-order chi connectivity index (χ1) is 22.5. The van der Waals surface area contributed by atoms with Crippen molar-refractivity contribution in [1.82, 2.24) is 9.80 Å². The van der Waals surface area contributed by atoms with Crippen molar-refractivity contribution in [1.29, 1.82) is 0 Å². The molecule has 0 saturated carbocycles. The summed E-state index contributed by atoms with van der Waals surface area (Å²) in [5.74, 6) is -1.54. The van der Waals surface area contributed by atoms with Gasteiger partial charge in [-0.15, -0.1) is 0 Å². The van der Waals surface area contributed by atoms with E-state index in [1.165, 1.54) is 11.1 Å². The number of aryl methyl sites for hydroxylation is 2. The summed E-state index contributed by atoms with van der Waals surface area (Å²) in [5.41, 5.74) is 6.98. The molecule has 2 aromatic carbocycles. The van der Waals surface area contributed by atoms with Crippen LogP contribution < -0.4 is 0 Å². The summed E-state index contributed by atoms with van der Waals surface area (Å²) in [4.78, 5) is 32.0. The molecule has 3 aliphatic rings. The Morgan fingerprint density at radius 1 is 1.00 bits per heavy atom. The van der Waals surface area contributed by atoms with Crippen molar-refractivity contribution in [3.63, 3.8) is 0 Å². The molecule has 0 unspecified atom stereocenters. The third-order valence-corrected chi connectivity index (χ3v) is 10.8. The highest BCUT2D eigenvalue weighted by Crippen LogP contribution is 2.49. The van der Waals surface area contributed by atoms with Gasteiger partial charge in [0.15, 0.2) is 0 Å². The monoisotopic (exact) mass is 642 g/mol. The van der Waals surface area contributed by atoms with Crippen molar-refractivity contribution < 1.29 is 24.9 Å². The molecule has 0 spiro atoms. The number of phenols is 1. The highest BCUT2D eigenvalue weighted by atomic mass is 16.3. The Morgan fingerprint density at radius 3 is 2.26 bits per heavy atom. The summed E-state index contributed by atoms with van der Waals surface area (Å²) in [6, 6.07) is 14.2. The average Bonchev–Trinajstić information content (AvgIpc) is 3.31. The number of piperidine rings is 1. The quantitative estimate of drug-likeness (QED) is 0.179. The van der Waals surface area contributed by atoms with Gasteiger partial charge in [0.05, 0.1) is 24.5 Å². The fraction of sp³-hybridized carbons (Fsp3) is 0.550. The summed E-state index contributed by atoms with van der Waals surface area (Å²) in [6.07, 6.45) is 6.33. The number of aliphatic hydroxyl groups is 2. The van der Waals surface area contributed by atoms with Crippen LogP contribution in [0.4, 0.5) is 0 Å². The Bertz CT molecular complexity index is 1460. The van der Waals surface area contributed by atoms with Gasteiger partial charge in [-0.25, -0.2) is 0 Å². The fourth-order valence-electron chi connectivity index (χ4n) is 8.38. The number of phenolic OH excluding ortho intramolecular Hbond substituents is 1. The number of likely N-dealkylation sites (tertiary alicyclic amines) is 2. The third kappa shape index (κ3) is 7.58. The topological polar surface area (TPSA) is 101 Å². The molecule has 2 saturated heterocycles. The zero-order chi connectivity index (χ0) is 33.8. The lowest BCUT2D eigenvalue weighted by molar-refractivity contribution is -0.144. The zero-order valence-electron chi connectivity index (χ0n) is 28.9. The van der Waals surface area contributed by atoms with Crippen LogP contribution >= 0.6 is 0 Å². The second-order valence-electron chi connectivity index (χ2n) is 14.4. The Morgan fingerprint density at radius 2 is 1.66 bits per heavy atom. The van der Waals surface area contributed by atoms with Gasteiger partial charge in [0.25, 0.3) is 0 Å². The zero-order valence-corrected chi connectivity index (χ0v) is 28.9. The van der Waals surface area contributed by atoms with E-state index in [4.69, 9.17) is 0 Å². The second-order valence-corrected chi connectivity index (χ2v) is 14.4. The van der Waals surface area contributed by atoms with Crippen molar-refractivity contribution in [2.75, 3.05) is 19.7 Å². The maximum atomic E-state index is 14.1. The summed E-state index contributed by atoms with van der Waals surface area (Å²) < 4.78 is 0.